The zero-order chi connectivity index (χ0) is 28.3. The molecular formula is C30H24F2N4O3S. The van der Waals surface area contributed by atoms with Gasteiger partial charge in [-0.2, -0.15) is 5.26 Å². The van der Waals surface area contributed by atoms with Crippen LogP contribution < -0.4 is 15.8 Å². The first-order chi connectivity index (χ1) is 19.1. The molecule has 0 bridgehead atoms. The van der Waals surface area contributed by atoms with Crippen molar-refractivity contribution in [1.82, 2.24) is 9.88 Å². The molecule has 3 aliphatic rings. The Bertz CT molecular complexity index is 1900. The molecule has 3 aromatic rings. The van der Waals surface area contributed by atoms with Gasteiger partial charge in [0.2, 0.25) is 0 Å². The smallest absolute Gasteiger partial charge is 0.260 e. The van der Waals surface area contributed by atoms with Crippen molar-refractivity contribution in [2.75, 3.05) is 23.5 Å². The summed E-state index contributed by atoms with van der Waals surface area (Å²) in [6.45, 7) is 0.345. The maximum absolute atomic E-state index is 15.3. The number of nitrogens with zero attached hydrogens (tertiary/aromatic N) is 3. The van der Waals surface area contributed by atoms with Crippen LogP contribution in [0.5, 0.6) is 0 Å². The number of pyridine rings is 1. The summed E-state index contributed by atoms with van der Waals surface area (Å²) in [5.74, 6) is -2.06. The van der Waals surface area contributed by atoms with E-state index in [2.05, 4.69) is 11.4 Å². The van der Waals surface area contributed by atoms with E-state index in [-0.39, 0.29) is 22.9 Å². The van der Waals surface area contributed by atoms with E-state index >= 15 is 4.39 Å². The maximum atomic E-state index is 15.3. The lowest BCUT2D eigenvalue weighted by molar-refractivity contribution is 0.536. The average Bonchev–Trinajstić information content (AvgIpc) is 3.21. The monoisotopic (exact) mass is 558 g/mol. The van der Waals surface area contributed by atoms with Crippen molar-refractivity contribution in [3.63, 3.8) is 0 Å². The van der Waals surface area contributed by atoms with E-state index < -0.39 is 27.5 Å². The number of hydrogen-bond donors (Lipinski definition) is 1. The minimum atomic E-state index is -3.48. The molecule has 0 spiro atoms. The third-order valence-electron chi connectivity index (χ3n) is 7.58. The van der Waals surface area contributed by atoms with Gasteiger partial charge in [-0.1, -0.05) is 12.1 Å². The first kappa shape index (κ1) is 25.8. The third kappa shape index (κ3) is 4.23. The van der Waals surface area contributed by atoms with Crippen LogP contribution in [-0.4, -0.2) is 37.6 Å². The Labute approximate surface area is 229 Å². The predicted octanol–water partition coefficient (Wildman–Crippen LogP) is 3.85. The summed E-state index contributed by atoms with van der Waals surface area (Å²) in [5, 5.41) is 13.0. The second-order valence-corrected chi connectivity index (χ2v) is 12.4. The number of rotatable bonds is 4. The molecule has 2 unspecified atom stereocenters. The largest absolute Gasteiger partial charge is 0.383 e. The first-order valence-corrected chi connectivity index (χ1v) is 14.6. The minimum Gasteiger partial charge on any atom is -0.383 e. The molecular weight excluding hydrogens is 534 g/mol. The third-order valence-corrected chi connectivity index (χ3v) is 8.41. The van der Waals surface area contributed by atoms with Crippen molar-refractivity contribution in [3.05, 3.63) is 122 Å². The van der Waals surface area contributed by atoms with E-state index in [1.54, 1.807) is 54.7 Å². The van der Waals surface area contributed by atoms with Crippen LogP contribution >= 0.6 is 0 Å². The summed E-state index contributed by atoms with van der Waals surface area (Å²) >= 11 is 0. The normalized spacial score (nSPS) is 19.6. The SMILES string of the molecule is Cn1ccc2c(c1=O)C1=C3C(=CN(c4ccc(F)cc4F)C3C(c3cccc(C#N)c3)CN1)C=C2CS(C)(=O)=O. The number of hydrogen-bond acceptors (Lipinski definition) is 6. The summed E-state index contributed by atoms with van der Waals surface area (Å²) in [5.41, 5.74) is 4.31. The number of aromatic nitrogens is 1. The fourth-order valence-corrected chi connectivity index (χ4v) is 6.71. The number of nitriles is 1. The molecule has 1 aliphatic carbocycles. The van der Waals surface area contributed by atoms with Crippen LogP contribution in [0, 0.1) is 23.0 Å². The van der Waals surface area contributed by atoms with Gasteiger partial charge < -0.3 is 14.8 Å². The van der Waals surface area contributed by atoms with Crippen LogP contribution in [0.4, 0.5) is 14.5 Å². The van der Waals surface area contributed by atoms with Gasteiger partial charge in [-0.3, -0.25) is 4.79 Å². The second-order valence-electron chi connectivity index (χ2n) is 10.3. The summed E-state index contributed by atoms with van der Waals surface area (Å²) in [4.78, 5) is 15.3. The Morgan fingerprint density at radius 2 is 1.95 bits per heavy atom. The fraction of sp³-hybridized carbons (Fsp3) is 0.200. The van der Waals surface area contributed by atoms with E-state index in [0.29, 0.717) is 45.7 Å². The highest BCUT2D eigenvalue weighted by molar-refractivity contribution is 7.91. The quantitative estimate of drug-likeness (QED) is 0.523. The zero-order valence-electron chi connectivity index (χ0n) is 21.7. The summed E-state index contributed by atoms with van der Waals surface area (Å²) in [6, 6.07) is 13.9. The first-order valence-electron chi connectivity index (χ1n) is 12.6. The van der Waals surface area contributed by atoms with Gasteiger partial charge in [-0.15, -0.1) is 0 Å². The molecule has 2 aliphatic heterocycles. The van der Waals surface area contributed by atoms with Crippen LogP contribution in [0.3, 0.4) is 0 Å². The van der Waals surface area contributed by atoms with E-state index in [1.165, 1.54) is 16.7 Å². The van der Waals surface area contributed by atoms with Crippen molar-refractivity contribution in [3.8, 4) is 6.07 Å². The van der Waals surface area contributed by atoms with Crippen LogP contribution in [0.15, 0.2) is 82.9 Å². The van der Waals surface area contributed by atoms with Crippen LogP contribution in [0.1, 0.15) is 28.2 Å². The van der Waals surface area contributed by atoms with Crippen molar-refractivity contribution >= 4 is 26.8 Å². The predicted molar refractivity (Wildman–Crippen MR) is 149 cm³/mol. The van der Waals surface area contributed by atoms with Crippen molar-refractivity contribution in [2.45, 2.75) is 12.0 Å². The number of aryl methyl sites for hydroxylation is 1. The minimum absolute atomic E-state index is 0.140. The molecule has 1 N–H and O–H groups in total. The molecule has 0 fully saturated rings. The van der Waals surface area contributed by atoms with Gasteiger partial charge in [0.25, 0.3) is 5.56 Å². The van der Waals surface area contributed by atoms with Crippen molar-refractivity contribution in [1.29, 1.82) is 5.26 Å². The number of allylic oxidation sites excluding steroid dienone is 1. The molecule has 3 heterocycles. The Kier molecular flexibility index (Phi) is 6.00. The van der Waals surface area contributed by atoms with E-state index in [4.69, 9.17) is 0 Å². The number of sulfone groups is 1. The standard InChI is InChI=1S/C30H24F2N4O3S/c1-35-9-8-22-20(16-40(2,38)39)11-19-15-36(25-7-6-21(31)12-24(25)32)29-23(18-5-3-4-17(10-18)13-33)14-34-28(26(19)29)27(22)30(35)37/h3-12,15,23,29,34H,14,16H2,1-2H3. The zero-order valence-corrected chi connectivity index (χ0v) is 22.5. The Hall–Kier alpha value is -4.49. The molecule has 0 saturated carbocycles. The lowest BCUT2D eigenvalue weighted by Gasteiger charge is -2.39. The van der Waals surface area contributed by atoms with Gasteiger partial charge in [0.15, 0.2) is 9.84 Å². The Balaban J connectivity index is 1.65. The van der Waals surface area contributed by atoms with Crippen molar-refractivity contribution in [2.24, 2.45) is 7.05 Å². The van der Waals surface area contributed by atoms with Gasteiger partial charge in [-0.05, 0) is 58.7 Å². The van der Waals surface area contributed by atoms with Crippen LogP contribution in [0.2, 0.25) is 0 Å². The average molecular weight is 559 g/mol. The highest BCUT2D eigenvalue weighted by Gasteiger charge is 2.44. The Morgan fingerprint density at radius 3 is 2.67 bits per heavy atom. The molecule has 0 amide bonds. The van der Waals surface area contributed by atoms with Gasteiger partial charge in [0.05, 0.1) is 40.4 Å². The summed E-state index contributed by atoms with van der Waals surface area (Å²) in [6.07, 6.45) is 6.21. The van der Waals surface area contributed by atoms with Crippen molar-refractivity contribution < 1.29 is 17.2 Å². The van der Waals surface area contributed by atoms with E-state index in [0.717, 1.165) is 17.9 Å². The van der Waals surface area contributed by atoms with Gasteiger partial charge >= 0.3 is 0 Å². The number of benzene rings is 2. The Morgan fingerprint density at radius 1 is 1.15 bits per heavy atom. The van der Waals surface area contributed by atoms with Crippen LogP contribution in [0.25, 0.3) is 11.3 Å². The van der Waals surface area contributed by atoms with Gasteiger partial charge in [0.1, 0.15) is 11.6 Å². The lowest BCUT2D eigenvalue weighted by Crippen LogP contribution is -2.44. The molecule has 0 saturated heterocycles. The summed E-state index contributed by atoms with van der Waals surface area (Å²) in [7, 11) is -1.86. The lowest BCUT2D eigenvalue weighted by atomic mass is 9.80. The molecule has 202 valence electrons. The van der Waals surface area contributed by atoms with E-state index in [1.807, 2.05) is 6.07 Å². The molecule has 2 atom stereocenters. The molecule has 10 heteroatoms. The second kappa shape index (κ2) is 9.31. The number of anilines is 1. The van der Waals surface area contributed by atoms with E-state index in [9.17, 15) is 22.9 Å². The molecule has 7 nitrogen and oxygen atoms in total. The molecule has 6 rings (SSSR count). The molecule has 2 aromatic carbocycles. The number of nitrogens with one attached hydrogen (secondary N) is 1. The topological polar surface area (TPSA) is 95.2 Å². The highest BCUT2D eigenvalue weighted by Crippen LogP contribution is 2.48. The molecule has 1 aromatic heterocycles. The molecule has 40 heavy (non-hydrogen) atoms. The molecule has 0 radical (unpaired) electrons. The van der Waals surface area contributed by atoms with Crippen LogP contribution in [-0.2, 0) is 16.9 Å². The van der Waals surface area contributed by atoms with Gasteiger partial charge in [-0.25, -0.2) is 17.2 Å². The fourth-order valence-electron chi connectivity index (χ4n) is 5.91. The summed E-state index contributed by atoms with van der Waals surface area (Å²) < 4.78 is 55.5. The highest BCUT2D eigenvalue weighted by atomic mass is 32.2. The number of halogens is 2. The van der Waals surface area contributed by atoms with Gasteiger partial charge in [0, 0.05) is 49.8 Å². The maximum Gasteiger partial charge on any atom is 0.260 e. The number of fused-ring (bicyclic) bond motifs is 2.